The maximum Gasteiger partial charge on any atom is 0.273 e. The highest BCUT2D eigenvalue weighted by Gasteiger charge is 2.27. The lowest BCUT2D eigenvalue weighted by Gasteiger charge is -2.35. The molecule has 1 aliphatic rings. The molecule has 0 unspecified atom stereocenters. The SMILES string of the molecule is COc1ccc(C(=O)NNC(=S)N[C@H]2CCC[C@@H](C)[C@H]2C)c(OC)c1OC. The number of rotatable bonds is 5. The van der Waals surface area contributed by atoms with E-state index in [1.165, 1.54) is 34.2 Å². The second-order valence-electron chi connectivity index (χ2n) is 6.81. The number of hydrogen-bond donors (Lipinski definition) is 3. The van der Waals surface area contributed by atoms with Crippen LogP contribution in [0.4, 0.5) is 0 Å². The van der Waals surface area contributed by atoms with Crippen LogP contribution in [-0.4, -0.2) is 38.4 Å². The third-order valence-electron chi connectivity index (χ3n) is 5.26. The van der Waals surface area contributed by atoms with Crippen LogP contribution in [0.2, 0.25) is 0 Å². The van der Waals surface area contributed by atoms with Crippen LogP contribution in [0.25, 0.3) is 0 Å². The van der Waals surface area contributed by atoms with Crippen molar-refractivity contribution >= 4 is 23.2 Å². The molecular weight excluding hydrogens is 366 g/mol. The Balaban J connectivity index is 2.00. The van der Waals surface area contributed by atoms with Crippen molar-refractivity contribution < 1.29 is 19.0 Å². The van der Waals surface area contributed by atoms with Crippen LogP contribution < -0.4 is 30.4 Å². The smallest absolute Gasteiger partial charge is 0.273 e. The zero-order chi connectivity index (χ0) is 20.0. The number of carbonyl (C=O) groups is 1. The van der Waals surface area contributed by atoms with Gasteiger partial charge in [0.2, 0.25) is 5.75 Å². The molecule has 7 nitrogen and oxygen atoms in total. The Labute approximate surface area is 166 Å². The van der Waals surface area contributed by atoms with Gasteiger partial charge in [0.15, 0.2) is 16.6 Å². The lowest BCUT2D eigenvalue weighted by molar-refractivity contribution is 0.0939. The maximum atomic E-state index is 12.6. The van der Waals surface area contributed by atoms with Gasteiger partial charge < -0.3 is 19.5 Å². The molecule has 8 heteroatoms. The molecule has 0 spiro atoms. The summed E-state index contributed by atoms with van der Waals surface area (Å²) < 4.78 is 15.9. The number of nitrogens with one attached hydrogen (secondary N) is 3. The Morgan fingerprint density at radius 1 is 1.04 bits per heavy atom. The van der Waals surface area contributed by atoms with E-state index in [1.807, 2.05) is 0 Å². The first kappa shape index (κ1) is 21.1. The average molecular weight is 396 g/mol. The highest BCUT2D eigenvalue weighted by atomic mass is 32.1. The number of thiocarbonyl (C=S) groups is 1. The number of amides is 1. The van der Waals surface area contributed by atoms with Crippen molar-refractivity contribution in [3.63, 3.8) is 0 Å². The molecule has 0 saturated heterocycles. The molecule has 0 aromatic heterocycles. The van der Waals surface area contributed by atoms with Crippen molar-refractivity contribution in [2.24, 2.45) is 11.8 Å². The Hall–Kier alpha value is -2.22. The van der Waals surface area contributed by atoms with Gasteiger partial charge in [-0.3, -0.25) is 15.6 Å². The van der Waals surface area contributed by atoms with E-state index >= 15 is 0 Å². The number of methoxy groups -OCH3 is 3. The second-order valence-corrected chi connectivity index (χ2v) is 7.22. The molecule has 1 saturated carbocycles. The lowest BCUT2D eigenvalue weighted by Crippen LogP contribution is -2.52. The van der Waals surface area contributed by atoms with Crippen LogP contribution in [0.1, 0.15) is 43.5 Å². The first-order chi connectivity index (χ1) is 12.9. The van der Waals surface area contributed by atoms with Gasteiger partial charge in [0.05, 0.1) is 26.9 Å². The van der Waals surface area contributed by atoms with E-state index in [1.54, 1.807) is 12.1 Å². The zero-order valence-corrected chi connectivity index (χ0v) is 17.4. The molecule has 3 N–H and O–H groups in total. The molecule has 3 atom stereocenters. The highest BCUT2D eigenvalue weighted by Crippen LogP contribution is 2.39. The van der Waals surface area contributed by atoms with Gasteiger partial charge in [-0.15, -0.1) is 0 Å². The molecule has 1 amide bonds. The lowest BCUT2D eigenvalue weighted by atomic mass is 9.78. The van der Waals surface area contributed by atoms with E-state index < -0.39 is 0 Å². The summed E-state index contributed by atoms with van der Waals surface area (Å²) in [6, 6.07) is 3.57. The van der Waals surface area contributed by atoms with Crippen molar-refractivity contribution in [1.29, 1.82) is 0 Å². The number of ether oxygens (including phenoxy) is 3. The van der Waals surface area contributed by atoms with E-state index in [2.05, 4.69) is 30.0 Å². The summed E-state index contributed by atoms with van der Waals surface area (Å²) in [6.45, 7) is 4.50. The topological polar surface area (TPSA) is 80.9 Å². The standard InChI is InChI=1S/C19H29N3O4S/c1-11-7-6-8-14(12(11)2)20-19(27)22-21-18(23)13-9-10-15(24-3)17(26-5)16(13)25-4/h9-12,14H,6-8H2,1-5H3,(H,21,23)(H2,20,22,27)/t11-,12-,14+/m1/s1. The van der Waals surface area contributed by atoms with Gasteiger partial charge in [-0.05, 0) is 42.6 Å². The Bertz CT molecular complexity index is 683. The first-order valence-corrected chi connectivity index (χ1v) is 9.49. The predicted molar refractivity (Wildman–Crippen MR) is 108 cm³/mol. The van der Waals surface area contributed by atoms with Crippen molar-refractivity contribution in [1.82, 2.24) is 16.2 Å². The summed E-state index contributed by atoms with van der Waals surface area (Å²) in [6.07, 6.45) is 3.50. The number of carbonyl (C=O) groups excluding carboxylic acids is 1. The normalized spacial score (nSPS) is 21.7. The Kier molecular flexibility index (Phi) is 7.53. The third kappa shape index (κ3) is 4.94. The summed E-state index contributed by atoms with van der Waals surface area (Å²) in [5.74, 6) is 1.94. The summed E-state index contributed by atoms with van der Waals surface area (Å²) >= 11 is 5.33. The summed E-state index contributed by atoms with van der Waals surface area (Å²) in [4.78, 5) is 12.6. The van der Waals surface area contributed by atoms with Gasteiger partial charge in [0.25, 0.3) is 5.91 Å². The minimum atomic E-state index is -0.387. The highest BCUT2D eigenvalue weighted by molar-refractivity contribution is 7.80. The Morgan fingerprint density at radius 2 is 1.74 bits per heavy atom. The van der Waals surface area contributed by atoms with Gasteiger partial charge in [-0.1, -0.05) is 26.7 Å². The van der Waals surface area contributed by atoms with E-state index in [0.717, 1.165) is 6.42 Å². The molecule has 0 aliphatic heterocycles. The fraction of sp³-hybridized carbons (Fsp3) is 0.579. The number of hydrazine groups is 1. The van der Waals surface area contributed by atoms with Crippen LogP contribution in [-0.2, 0) is 0 Å². The first-order valence-electron chi connectivity index (χ1n) is 9.08. The van der Waals surface area contributed by atoms with E-state index in [0.29, 0.717) is 45.8 Å². The molecule has 0 bridgehead atoms. The molecule has 1 aliphatic carbocycles. The van der Waals surface area contributed by atoms with Gasteiger partial charge in [0, 0.05) is 6.04 Å². The van der Waals surface area contributed by atoms with Crippen molar-refractivity contribution in [3.05, 3.63) is 17.7 Å². The van der Waals surface area contributed by atoms with Crippen molar-refractivity contribution in [2.45, 2.75) is 39.2 Å². The number of hydrogen-bond acceptors (Lipinski definition) is 5. The van der Waals surface area contributed by atoms with Crippen molar-refractivity contribution in [3.8, 4) is 17.2 Å². The number of benzene rings is 1. The maximum absolute atomic E-state index is 12.6. The molecule has 1 fully saturated rings. The molecule has 0 radical (unpaired) electrons. The largest absolute Gasteiger partial charge is 0.493 e. The van der Waals surface area contributed by atoms with Crippen LogP contribution in [0.3, 0.4) is 0 Å². The fourth-order valence-electron chi connectivity index (χ4n) is 3.45. The van der Waals surface area contributed by atoms with E-state index in [4.69, 9.17) is 26.4 Å². The average Bonchev–Trinajstić information content (AvgIpc) is 2.68. The molecule has 1 aromatic rings. The van der Waals surface area contributed by atoms with Crippen molar-refractivity contribution in [2.75, 3.05) is 21.3 Å². The fourth-order valence-corrected chi connectivity index (χ4v) is 3.65. The molecular formula is C19H29N3O4S. The zero-order valence-electron chi connectivity index (χ0n) is 16.5. The van der Waals surface area contributed by atoms with Gasteiger partial charge in [0.1, 0.15) is 0 Å². The molecule has 150 valence electrons. The quantitative estimate of drug-likeness (QED) is 0.522. The summed E-state index contributed by atoms with van der Waals surface area (Å²) in [7, 11) is 4.49. The monoisotopic (exact) mass is 395 g/mol. The second kappa shape index (κ2) is 9.64. The van der Waals surface area contributed by atoms with E-state index in [-0.39, 0.29) is 5.91 Å². The van der Waals surface area contributed by atoms with Crippen LogP contribution >= 0.6 is 12.2 Å². The molecule has 0 heterocycles. The van der Waals surface area contributed by atoms with Crippen LogP contribution in [0, 0.1) is 11.8 Å². The molecule has 2 rings (SSSR count). The van der Waals surface area contributed by atoms with Gasteiger partial charge >= 0.3 is 0 Å². The summed E-state index contributed by atoms with van der Waals surface area (Å²) in [5.41, 5.74) is 5.69. The molecule has 1 aromatic carbocycles. The van der Waals surface area contributed by atoms with Gasteiger partial charge in [-0.2, -0.15) is 0 Å². The summed E-state index contributed by atoms with van der Waals surface area (Å²) in [5, 5.41) is 3.70. The van der Waals surface area contributed by atoms with Crippen LogP contribution in [0.5, 0.6) is 17.2 Å². The van der Waals surface area contributed by atoms with E-state index in [9.17, 15) is 4.79 Å². The minimum Gasteiger partial charge on any atom is -0.493 e. The molecule has 27 heavy (non-hydrogen) atoms. The Morgan fingerprint density at radius 3 is 2.37 bits per heavy atom. The van der Waals surface area contributed by atoms with Gasteiger partial charge in [-0.25, -0.2) is 0 Å². The van der Waals surface area contributed by atoms with Crippen LogP contribution in [0.15, 0.2) is 12.1 Å². The third-order valence-corrected chi connectivity index (χ3v) is 5.48. The predicted octanol–water partition coefficient (Wildman–Crippen LogP) is 2.65. The minimum absolute atomic E-state index is 0.296.